The molecule has 18 heteroatoms. The third-order valence-corrected chi connectivity index (χ3v) is 19.4. The van der Waals surface area contributed by atoms with Crippen molar-refractivity contribution in [3.63, 3.8) is 0 Å². The highest BCUT2D eigenvalue weighted by Crippen LogP contribution is 2.49. The van der Waals surface area contributed by atoms with Gasteiger partial charge in [0.15, 0.2) is 32.9 Å². The molecule has 2 atom stereocenters. The molecule has 18 nitrogen and oxygen atoms in total. The number of fused-ring (bicyclic) bond motifs is 4. The molecule has 4 heterocycles. The first kappa shape index (κ1) is 75.4. The first-order valence-corrected chi connectivity index (χ1v) is 37.0. The van der Waals surface area contributed by atoms with E-state index in [1.165, 1.54) is 0 Å². The number of esters is 2. The van der Waals surface area contributed by atoms with Crippen molar-refractivity contribution in [3.05, 3.63) is 152 Å². The van der Waals surface area contributed by atoms with E-state index in [-0.39, 0.29) is 66.6 Å². The van der Waals surface area contributed by atoms with Crippen molar-refractivity contribution in [2.75, 3.05) is 19.9 Å². The zero-order valence-corrected chi connectivity index (χ0v) is 64.3. The van der Waals surface area contributed by atoms with Crippen molar-refractivity contribution in [1.82, 2.24) is 39.4 Å². The van der Waals surface area contributed by atoms with Gasteiger partial charge in [-0.1, -0.05) is 213 Å². The number of nitrogens with zero attached hydrogens (tertiary/aromatic N) is 12. The van der Waals surface area contributed by atoms with Crippen molar-refractivity contribution in [2.24, 2.45) is 43.1 Å². The second-order valence-corrected chi connectivity index (χ2v) is 35.4. The van der Waals surface area contributed by atoms with Gasteiger partial charge in [0.05, 0.1) is 24.6 Å². The normalized spacial score (nSPS) is 16.5. The van der Waals surface area contributed by atoms with E-state index in [0.29, 0.717) is 80.4 Å². The Hall–Kier alpha value is -8.22. The van der Waals surface area contributed by atoms with Gasteiger partial charge in [0.25, 0.3) is 0 Å². The molecule has 2 N–H and O–H groups in total. The number of carbonyl (C=O) groups is 2. The van der Waals surface area contributed by atoms with Crippen molar-refractivity contribution in [3.8, 4) is 22.9 Å². The topological polar surface area (TPSA) is 204 Å². The number of aryl methyl sites for hydroxylation is 2. The average Bonchev–Trinajstić information content (AvgIpc) is 1.57. The second-order valence-electron chi connectivity index (χ2n) is 35.4. The maximum Gasteiger partial charge on any atom is 0.316 e. The lowest BCUT2D eigenvalue weighted by molar-refractivity contribution is -0.144. The SMILES string of the molecule is CC(C)CCCCCOC(=O)CCc1cc(C(C)(C)C)c(O)c([N+]2(C[N+]3(c4cc(CCC(=O)OCCCCCC(C)C)cc(C(C)(C)C)c4O)N=c4cc(-n5nc6ccccc6n5)cc(C(C)(C)CC(C)(C)C)c4=N3)N=c3cc(-n4nc5ccccc5n4)cc(C(C)(C)CC(C)(C)C)c3=N2)c1. The number of hydrogen-bond donors (Lipinski definition) is 2. The van der Waals surface area contributed by atoms with Gasteiger partial charge in [-0.25, -0.2) is 0 Å². The number of hydrogen-bond acceptors (Lipinski definition) is 14. The average molecular weight is 1380 g/mol. The van der Waals surface area contributed by atoms with E-state index in [4.69, 9.17) is 50.3 Å². The molecule has 101 heavy (non-hydrogen) atoms. The summed E-state index contributed by atoms with van der Waals surface area (Å²) < 4.78 is 10.5. The first-order valence-electron chi connectivity index (χ1n) is 37.0. The number of aromatic hydroxyl groups is 2. The summed E-state index contributed by atoms with van der Waals surface area (Å²) in [6, 6.07) is 31.6. The molecule has 10 rings (SSSR count). The summed E-state index contributed by atoms with van der Waals surface area (Å²) in [5.41, 5.74) is 6.62. The Morgan fingerprint density at radius 3 is 1.11 bits per heavy atom. The standard InChI is InChI=1S/C83H112N12O6/c1-54(2)31-23-21-29-41-100-72(96)39-37-56-43-62(80(11,12)13)76(98)70(45-56)94(88-68-49-58(92-84-64-33-25-26-34-65(64)85-92)47-60(74(68)90-94)82(17,18)51-78(5,6)7)53-95(71-46-57(44-63(77(71)99)81(14,15)16)38-40-73(97)101-42-30-22-24-32-55(3)4)89-69-50-59(93-86-66-35-27-28-36-67(66)87-93)48-61(75(69)91-95)83(19,20)52-79(8,9)10/h25-28,33-36,43-50,54-55H,21-24,29-32,37-42,51-53H2,1-20H3/p+2. The minimum absolute atomic E-state index is 0.0472. The number of quaternary nitrogens is 2. The highest BCUT2D eigenvalue weighted by atomic mass is 16.5. The monoisotopic (exact) mass is 1370 g/mol. The van der Waals surface area contributed by atoms with Crippen LogP contribution in [0.4, 0.5) is 11.4 Å². The maximum atomic E-state index is 13.9. The molecule has 2 aliphatic heterocycles. The quantitative estimate of drug-likeness (QED) is 0.0270. The molecule has 0 fully saturated rings. The van der Waals surface area contributed by atoms with E-state index >= 15 is 0 Å². The molecule has 2 unspecified atom stereocenters. The van der Waals surface area contributed by atoms with Gasteiger partial charge in [-0.15, -0.1) is 20.4 Å². The lowest BCUT2D eigenvalue weighted by Crippen LogP contribution is -2.55. The Balaban J connectivity index is 1.28. The molecule has 0 saturated carbocycles. The maximum absolute atomic E-state index is 13.9. The second kappa shape index (κ2) is 29.3. The van der Waals surface area contributed by atoms with Gasteiger partial charge in [-0.2, -0.15) is 9.59 Å². The Bertz CT molecular complexity index is 4270. The summed E-state index contributed by atoms with van der Waals surface area (Å²) in [4.78, 5) is 31.1. The van der Waals surface area contributed by atoms with E-state index in [1.54, 1.807) is 9.59 Å². The van der Waals surface area contributed by atoms with Gasteiger partial charge in [0.1, 0.15) is 22.1 Å². The molecule has 0 radical (unpaired) electrons. The lowest BCUT2D eigenvalue weighted by Gasteiger charge is -2.33. The number of phenolic OH excluding ortho intramolecular Hbond substituents is 2. The molecule has 0 aliphatic carbocycles. The fraction of sp³-hybridized carbons (Fsp3) is 0.542. The number of rotatable bonds is 28. The molecule has 2 aromatic heterocycles. The van der Waals surface area contributed by atoms with Gasteiger partial charge in [-0.3, -0.25) is 9.59 Å². The molecule has 2 aliphatic rings. The summed E-state index contributed by atoms with van der Waals surface area (Å²) in [5, 5.41) is 73.7. The van der Waals surface area contributed by atoms with E-state index in [1.807, 2.05) is 84.9 Å². The van der Waals surface area contributed by atoms with Crippen LogP contribution in [0.3, 0.4) is 0 Å². The van der Waals surface area contributed by atoms with Crippen molar-refractivity contribution < 1.29 is 29.3 Å². The van der Waals surface area contributed by atoms with Crippen LogP contribution in [-0.2, 0) is 53.6 Å². The molecular weight excluding hydrogens is 1260 g/mol. The van der Waals surface area contributed by atoms with Gasteiger partial charge in [-0.05, 0) is 174 Å². The fourth-order valence-electron chi connectivity index (χ4n) is 15.1. The van der Waals surface area contributed by atoms with Crippen LogP contribution in [0, 0.1) is 22.7 Å². The van der Waals surface area contributed by atoms with Crippen LogP contribution in [0.5, 0.6) is 11.5 Å². The number of carbonyl (C=O) groups excluding carboxylic acids is 2. The van der Waals surface area contributed by atoms with Crippen molar-refractivity contribution in [2.45, 2.75) is 250 Å². The minimum Gasteiger partial charge on any atom is -0.502 e. The third kappa shape index (κ3) is 17.8. The predicted molar refractivity (Wildman–Crippen MR) is 404 cm³/mol. The molecule has 0 amide bonds. The smallest absolute Gasteiger partial charge is 0.316 e. The lowest BCUT2D eigenvalue weighted by atomic mass is 9.72. The van der Waals surface area contributed by atoms with Crippen LogP contribution >= 0.6 is 0 Å². The largest absolute Gasteiger partial charge is 0.502 e. The molecular formula is C83H114N12O6+2. The number of benzene rings is 6. The minimum atomic E-state index is -0.686. The number of phenols is 2. The third-order valence-electron chi connectivity index (χ3n) is 19.4. The number of aromatic nitrogens is 6. The fourth-order valence-corrected chi connectivity index (χ4v) is 15.1. The summed E-state index contributed by atoms with van der Waals surface area (Å²) in [5.74, 6) is 0.522. The Kier molecular flexibility index (Phi) is 21.9. The predicted octanol–water partition coefficient (Wildman–Crippen LogP) is 16.8. The van der Waals surface area contributed by atoms with Gasteiger partial charge in [0.2, 0.25) is 11.4 Å². The molecule has 6 aromatic carbocycles. The summed E-state index contributed by atoms with van der Waals surface area (Å²) in [6.45, 7) is 44.1. The van der Waals surface area contributed by atoms with Gasteiger partial charge in [0, 0.05) is 45.5 Å². The van der Waals surface area contributed by atoms with Crippen LogP contribution < -0.4 is 30.8 Å². The van der Waals surface area contributed by atoms with Crippen LogP contribution in [0.15, 0.2) is 117 Å². The number of ether oxygens (including phenoxy) is 2. The highest BCUT2D eigenvalue weighted by Gasteiger charge is 2.55. The zero-order chi connectivity index (χ0) is 73.4. The summed E-state index contributed by atoms with van der Waals surface area (Å²) in [7, 11) is 0. The molecule has 0 bridgehead atoms. The first-order chi connectivity index (χ1) is 47.2. The van der Waals surface area contributed by atoms with Crippen LogP contribution in [-0.4, -0.2) is 72.0 Å². The van der Waals surface area contributed by atoms with Crippen LogP contribution in [0.2, 0.25) is 0 Å². The number of unbranched alkanes of at least 4 members (excludes halogenated alkanes) is 4. The summed E-state index contributed by atoms with van der Waals surface area (Å²) >= 11 is 0. The van der Waals surface area contributed by atoms with E-state index in [2.05, 4.69) is 151 Å². The Morgan fingerprint density at radius 1 is 0.446 bits per heavy atom. The molecule has 0 spiro atoms. The van der Waals surface area contributed by atoms with E-state index in [0.717, 1.165) is 109 Å². The molecule has 540 valence electrons. The van der Waals surface area contributed by atoms with E-state index in [9.17, 15) is 19.8 Å². The highest BCUT2D eigenvalue weighted by molar-refractivity contribution is 5.75. The Labute approximate surface area is 598 Å². The summed E-state index contributed by atoms with van der Waals surface area (Å²) in [6.07, 6.45) is 10.2. The van der Waals surface area contributed by atoms with Crippen LogP contribution in [0.1, 0.15) is 249 Å². The zero-order valence-electron chi connectivity index (χ0n) is 64.3. The van der Waals surface area contributed by atoms with E-state index < -0.39 is 31.1 Å². The van der Waals surface area contributed by atoms with Crippen LogP contribution in [0.25, 0.3) is 33.4 Å². The van der Waals surface area contributed by atoms with Crippen molar-refractivity contribution in [1.29, 1.82) is 0 Å². The van der Waals surface area contributed by atoms with Crippen molar-refractivity contribution >= 4 is 45.4 Å². The van der Waals surface area contributed by atoms with Gasteiger partial charge < -0.3 is 19.7 Å². The molecule has 0 saturated heterocycles. The van der Waals surface area contributed by atoms with Gasteiger partial charge >= 0.3 is 18.6 Å². The molecule has 8 aromatic rings. The Morgan fingerprint density at radius 2 is 0.792 bits per heavy atom.